The molecule has 0 aliphatic carbocycles. The second-order valence-electron chi connectivity index (χ2n) is 8.24. The lowest BCUT2D eigenvalue weighted by Gasteiger charge is -2.44. The van der Waals surface area contributed by atoms with E-state index in [1.807, 2.05) is 12.1 Å². The van der Waals surface area contributed by atoms with Crippen LogP contribution in [0.4, 0.5) is 5.69 Å². The molecule has 0 amide bonds. The van der Waals surface area contributed by atoms with E-state index in [1.165, 1.54) is 27.3 Å². The van der Waals surface area contributed by atoms with Crippen LogP contribution in [0.1, 0.15) is 35.6 Å². The van der Waals surface area contributed by atoms with E-state index in [2.05, 4.69) is 85.5 Å². The van der Waals surface area contributed by atoms with Crippen molar-refractivity contribution in [1.29, 1.82) is 5.26 Å². The molecule has 3 nitrogen and oxygen atoms in total. The molecule has 0 spiro atoms. The number of nitrogens with zero attached hydrogens (tertiary/aromatic N) is 2. The summed E-state index contributed by atoms with van der Waals surface area (Å²) in [6.45, 7) is 4.38. The molecule has 0 aromatic heterocycles. The zero-order chi connectivity index (χ0) is 21.5. The molecule has 0 N–H and O–H groups in total. The van der Waals surface area contributed by atoms with Gasteiger partial charge in [-0.3, -0.25) is 0 Å². The topological polar surface area (TPSA) is 36.3 Å². The van der Waals surface area contributed by atoms with E-state index < -0.39 is 0 Å². The number of fused-ring (bicyclic) bond motifs is 3. The van der Waals surface area contributed by atoms with Gasteiger partial charge in [0.05, 0.1) is 35.5 Å². The summed E-state index contributed by atoms with van der Waals surface area (Å²) in [5.41, 5.74) is 5.72. The fourth-order valence-electron chi connectivity index (χ4n) is 4.89. The lowest BCUT2D eigenvalue weighted by Crippen LogP contribution is -2.38. The van der Waals surface area contributed by atoms with Crippen LogP contribution in [0.3, 0.4) is 0 Å². The smallest absolute Gasteiger partial charge is 0.118 e. The van der Waals surface area contributed by atoms with Crippen LogP contribution < -0.4 is 9.64 Å². The molecule has 2 aliphatic heterocycles. The Morgan fingerprint density at radius 2 is 1.61 bits per heavy atom. The lowest BCUT2D eigenvalue weighted by atomic mass is 9.73. The van der Waals surface area contributed by atoms with E-state index in [4.69, 9.17) is 4.74 Å². The Kier molecular flexibility index (Phi) is 5.00. The van der Waals surface area contributed by atoms with Crippen LogP contribution in [0, 0.1) is 24.2 Å². The van der Waals surface area contributed by atoms with Crippen molar-refractivity contribution in [1.82, 2.24) is 0 Å². The standard InChI is InChI=1S/C27H24N2OS/c1-17-8-10-19(11-9-17)25-18(2)26(20-12-14-21(30-3)15-13-20)29-23-6-4-5-7-24(23)31-27(29)22(25)16-28/h4-15,18,25-26H,1-3H3/t18-,25+,26-/m0/s1. The molecule has 0 bridgehead atoms. The van der Waals surface area contributed by atoms with E-state index >= 15 is 0 Å². The Bertz CT molecular complexity index is 1190. The maximum atomic E-state index is 10.3. The van der Waals surface area contributed by atoms with E-state index in [1.54, 1.807) is 18.9 Å². The number of hydrogen-bond acceptors (Lipinski definition) is 4. The van der Waals surface area contributed by atoms with Gasteiger partial charge in [-0.25, -0.2) is 0 Å². The zero-order valence-corrected chi connectivity index (χ0v) is 18.7. The molecule has 2 aliphatic rings. The van der Waals surface area contributed by atoms with Crippen molar-refractivity contribution in [3.8, 4) is 11.8 Å². The average Bonchev–Trinajstić information content (AvgIpc) is 3.18. The number of thioether (sulfide) groups is 1. The van der Waals surface area contributed by atoms with E-state index in [0.29, 0.717) is 0 Å². The highest BCUT2D eigenvalue weighted by molar-refractivity contribution is 8.03. The highest BCUT2D eigenvalue weighted by Gasteiger charge is 2.46. The van der Waals surface area contributed by atoms with Crippen LogP contribution in [-0.4, -0.2) is 7.11 Å². The van der Waals surface area contributed by atoms with Gasteiger partial charge in [0, 0.05) is 10.8 Å². The SMILES string of the molecule is COc1ccc([C@@H]2[C@@H](C)[C@H](c3ccc(C)cc3)C(C#N)=C3Sc4ccccc4N32)cc1. The van der Waals surface area contributed by atoms with Crippen molar-refractivity contribution in [3.63, 3.8) is 0 Å². The lowest BCUT2D eigenvalue weighted by molar-refractivity contribution is 0.391. The van der Waals surface area contributed by atoms with Crippen molar-refractivity contribution < 1.29 is 4.74 Å². The second-order valence-corrected chi connectivity index (χ2v) is 9.27. The van der Waals surface area contributed by atoms with Gasteiger partial charge in [-0.1, -0.05) is 72.8 Å². The van der Waals surface area contributed by atoms with Gasteiger partial charge >= 0.3 is 0 Å². The number of benzene rings is 3. The summed E-state index contributed by atoms with van der Waals surface area (Å²) in [5.74, 6) is 1.11. The van der Waals surface area contributed by atoms with Crippen molar-refractivity contribution in [2.24, 2.45) is 5.92 Å². The van der Waals surface area contributed by atoms with Crippen LogP contribution in [0.5, 0.6) is 5.75 Å². The number of allylic oxidation sites excluding steroid dienone is 1. The Labute approximate surface area is 188 Å². The molecule has 31 heavy (non-hydrogen) atoms. The van der Waals surface area contributed by atoms with E-state index in [-0.39, 0.29) is 17.9 Å². The third kappa shape index (κ3) is 3.21. The summed E-state index contributed by atoms with van der Waals surface area (Å²) in [6, 6.07) is 28.2. The summed E-state index contributed by atoms with van der Waals surface area (Å²) in [7, 11) is 1.69. The molecule has 3 aromatic carbocycles. The number of anilines is 1. The van der Waals surface area contributed by atoms with Gasteiger partial charge in [0.1, 0.15) is 5.75 Å². The molecule has 0 radical (unpaired) electrons. The maximum absolute atomic E-state index is 10.3. The van der Waals surface area contributed by atoms with Gasteiger partial charge in [-0.05, 0) is 48.2 Å². The third-order valence-corrected chi connectivity index (χ3v) is 7.58. The van der Waals surface area contributed by atoms with Gasteiger partial charge in [0.25, 0.3) is 0 Å². The Hall–Kier alpha value is -3.16. The summed E-state index contributed by atoms with van der Waals surface area (Å²) in [5, 5.41) is 11.3. The highest BCUT2D eigenvalue weighted by Crippen LogP contribution is 2.59. The molecule has 5 rings (SSSR count). The zero-order valence-electron chi connectivity index (χ0n) is 17.9. The molecule has 3 atom stereocenters. The second kappa shape index (κ2) is 7.83. The largest absolute Gasteiger partial charge is 0.497 e. The monoisotopic (exact) mass is 424 g/mol. The maximum Gasteiger partial charge on any atom is 0.118 e. The van der Waals surface area contributed by atoms with Gasteiger partial charge in [0.15, 0.2) is 0 Å². The normalized spacial score (nSPS) is 22.0. The van der Waals surface area contributed by atoms with Gasteiger partial charge in [-0.15, -0.1) is 0 Å². The number of rotatable bonds is 3. The minimum Gasteiger partial charge on any atom is -0.497 e. The minimum absolute atomic E-state index is 0.0470. The van der Waals surface area contributed by atoms with Crippen LogP contribution >= 0.6 is 11.8 Å². The van der Waals surface area contributed by atoms with Crippen molar-refractivity contribution >= 4 is 17.4 Å². The van der Waals surface area contributed by atoms with Crippen LogP contribution in [0.15, 0.2) is 88.3 Å². The molecule has 0 saturated carbocycles. The molecule has 3 aromatic rings. The Morgan fingerprint density at radius 1 is 0.935 bits per heavy atom. The fourth-order valence-corrected chi connectivity index (χ4v) is 6.11. The van der Waals surface area contributed by atoms with Crippen molar-refractivity contribution in [3.05, 3.63) is 100 Å². The van der Waals surface area contributed by atoms with E-state index in [0.717, 1.165) is 16.4 Å². The molecular formula is C27H24N2OS. The molecule has 0 saturated heterocycles. The number of ether oxygens (including phenoxy) is 1. The van der Waals surface area contributed by atoms with Gasteiger partial charge in [-0.2, -0.15) is 5.26 Å². The summed E-state index contributed by atoms with van der Waals surface area (Å²) >= 11 is 1.72. The predicted octanol–water partition coefficient (Wildman–Crippen LogP) is 6.83. The van der Waals surface area contributed by atoms with Gasteiger partial charge < -0.3 is 9.64 Å². The molecule has 0 unspecified atom stereocenters. The number of aryl methyl sites for hydroxylation is 1. The first-order chi connectivity index (χ1) is 15.1. The van der Waals surface area contributed by atoms with Crippen LogP contribution in [0.25, 0.3) is 0 Å². The summed E-state index contributed by atoms with van der Waals surface area (Å²) in [6.07, 6.45) is 0. The first kappa shape index (κ1) is 19.8. The minimum atomic E-state index is 0.0470. The number of para-hydroxylation sites is 1. The molecular weight excluding hydrogens is 400 g/mol. The first-order valence-electron chi connectivity index (χ1n) is 10.5. The summed E-state index contributed by atoms with van der Waals surface area (Å²) in [4.78, 5) is 3.59. The number of hydrogen-bond donors (Lipinski definition) is 0. The van der Waals surface area contributed by atoms with E-state index in [9.17, 15) is 5.26 Å². The molecule has 2 heterocycles. The number of nitriles is 1. The highest BCUT2D eigenvalue weighted by atomic mass is 32.2. The molecule has 4 heteroatoms. The summed E-state index contributed by atoms with van der Waals surface area (Å²) < 4.78 is 5.39. The Balaban J connectivity index is 1.72. The van der Waals surface area contributed by atoms with Gasteiger partial charge in [0.2, 0.25) is 0 Å². The van der Waals surface area contributed by atoms with Crippen LogP contribution in [0.2, 0.25) is 0 Å². The molecule has 154 valence electrons. The predicted molar refractivity (Wildman–Crippen MR) is 126 cm³/mol. The quantitative estimate of drug-likeness (QED) is 0.462. The molecule has 0 fully saturated rings. The number of methoxy groups -OCH3 is 1. The first-order valence-corrected chi connectivity index (χ1v) is 11.3. The third-order valence-electron chi connectivity index (χ3n) is 6.41. The van der Waals surface area contributed by atoms with Crippen molar-refractivity contribution in [2.75, 3.05) is 12.0 Å². The fraction of sp³-hybridized carbons (Fsp3) is 0.222. The Morgan fingerprint density at radius 3 is 2.29 bits per heavy atom. The van der Waals surface area contributed by atoms with Crippen LogP contribution in [-0.2, 0) is 0 Å². The average molecular weight is 425 g/mol. The van der Waals surface area contributed by atoms with Crippen molar-refractivity contribution in [2.45, 2.75) is 30.7 Å².